The van der Waals surface area contributed by atoms with Gasteiger partial charge < -0.3 is 9.53 Å². The van der Waals surface area contributed by atoms with Crippen LogP contribution < -0.4 is 0 Å². The molecule has 0 amide bonds. The molecule has 0 saturated carbocycles. The Bertz CT molecular complexity index is 448. The molecule has 0 N–H and O–H groups in total. The summed E-state index contributed by atoms with van der Waals surface area (Å²) < 4.78 is 4.57. The summed E-state index contributed by atoms with van der Waals surface area (Å²) in [6, 6.07) is 9.88. The Hall–Kier alpha value is -1.90. The molecule has 0 aliphatic carbocycles. The number of carbonyl (C=O) groups excluding carboxylic acids is 2. The Labute approximate surface area is 114 Å². The van der Waals surface area contributed by atoms with Gasteiger partial charge in [0.15, 0.2) is 0 Å². The second-order valence-corrected chi connectivity index (χ2v) is 4.66. The van der Waals surface area contributed by atoms with Crippen molar-refractivity contribution in [3.05, 3.63) is 48.0 Å². The zero-order valence-electron chi connectivity index (χ0n) is 11.6. The second kappa shape index (κ2) is 7.52. The number of Topliss-reactive ketones (excluding diaryl/α,β-unsaturated/α-hetero) is 1. The largest absolute Gasteiger partial charge is 0.466 e. The lowest BCUT2D eigenvalue weighted by molar-refractivity contribution is -0.134. The van der Waals surface area contributed by atoms with Crippen LogP contribution in [0.2, 0.25) is 0 Å². The van der Waals surface area contributed by atoms with Gasteiger partial charge in [0.05, 0.1) is 7.11 Å². The van der Waals surface area contributed by atoms with Gasteiger partial charge in [-0.3, -0.25) is 0 Å². The Kier molecular flexibility index (Phi) is 6.00. The molecule has 0 saturated heterocycles. The van der Waals surface area contributed by atoms with Crippen molar-refractivity contribution in [3.8, 4) is 0 Å². The van der Waals surface area contributed by atoms with Gasteiger partial charge in [-0.25, -0.2) is 4.79 Å². The zero-order chi connectivity index (χ0) is 14.3. The van der Waals surface area contributed by atoms with E-state index < -0.39 is 0 Å². The average Bonchev–Trinajstić information content (AvgIpc) is 2.42. The van der Waals surface area contributed by atoms with Crippen molar-refractivity contribution in [1.82, 2.24) is 0 Å². The molecule has 1 aromatic carbocycles. The maximum atomic E-state index is 11.4. The van der Waals surface area contributed by atoms with Crippen molar-refractivity contribution >= 4 is 11.8 Å². The predicted octanol–water partition coefficient (Wildman–Crippen LogP) is 3.11. The van der Waals surface area contributed by atoms with Crippen molar-refractivity contribution in [2.75, 3.05) is 7.11 Å². The van der Waals surface area contributed by atoms with E-state index in [2.05, 4.69) is 4.74 Å². The minimum atomic E-state index is -0.374. The highest BCUT2D eigenvalue weighted by molar-refractivity contribution is 5.81. The first-order valence-electron chi connectivity index (χ1n) is 6.35. The second-order valence-electron chi connectivity index (χ2n) is 4.66. The fraction of sp³-hybridized carbons (Fsp3) is 0.375. The third kappa shape index (κ3) is 5.08. The summed E-state index contributed by atoms with van der Waals surface area (Å²) in [7, 11) is 1.35. The van der Waals surface area contributed by atoms with Gasteiger partial charge in [0.1, 0.15) is 5.78 Å². The molecule has 2 atom stereocenters. The summed E-state index contributed by atoms with van der Waals surface area (Å²) in [6.07, 6.45) is 3.68. The Morgan fingerprint density at radius 3 is 2.42 bits per heavy atom. The van der Waals surface area contributed by atoms with E-state index >= 15 is 0 Å². The molecule has 3 heteroatoms. The van der Waals surface area contributed by atoms with Crippen molar-refractivity contribution in [2.45, 2.75) is 26.2 Å². The molecule has 0 fully saturated rings. The van der Waals surface area contributed by atoms with Crippen LogP contribution in [0.5, 0.6) is 0 Å². The monoisotopic (exact) mass is 260 g/mol. The molecule has 3 nitrogen and oxygen atoms in total. The van der Waals surface area contributed by atoms with Crippen molar-refractivity contribution < 1.29 is 14.3 Å². The number of hydrogen-bond donors (Lipinski definition) is 0. The fourth-order valence-electron chi connectivity index (χ4n) is 2.05. The van der Waals surface area contributed by atoms with E-state index in [9.17, 15) is 9.59 Å². The van der Waals surface area contributed by atoms with Crippen LogP contribution in [0.25, 0.3) is 0 Å². The van der Waals surface area contributed by atoms with Crippen LogP contribution in [0.3, 0.4) is 0 Å². The smallest absolute Gasteiger partial charge is 0.330 e. The number of benzene rings is 1. The van der Waals surface area contributed by atoms with Gasteiger partial charge in [0.25, 0.3) is 0 Å². The third-order valence-electron chi connectivity index (χ3n) is 3.11. The highest BCUT2D eigenvalue weighted by Gasteiger charge is 2.19. The first-order valence-corrected chi connectivity index (χ1v) is 6.35. The van der Waals surface area contributed by atoms with E-state index in [-0.39, 0.29) is 23.6 Å². The molecule has 0 heterocycles. The van der Waals surface area contributed by atoms with E-state index in [1.165, 1.54) is 13.2 Å². The molecular formula is C16H20O3. The predicted molar refractivity (Wildman–Crippen MR) is 74.8 cm³/mol. The minimum Gasteiger partial charge on any atom is -0.466 e. The van der Waals surface area contributed by atoms with E-state index in [0.29, 0.717) is 6.42 Å². The fourth-order valence-corrected chi connectivity index (χ4v) is 2.05. The molecule has 0 radical (unpaired) electrons. The molecule has 0 aliphatic heterocycles. The van der Waals surface area contributed by atoms with Gasteiger partial charge in [0.2, 0.25) is 0 Å². The molecule has 1 rings (SSSR count). The number of rotatable bonds is 6. The molecular weight excluding hydrogens is 240 g/mol. The van der Waals surface area contributed by atoms with E-state index in [1.807, 2.05) is 37.3 Å². The highest BCUT2D eigenvalue weighted by Crippen LogP contribution is 2.29. The summed E-state index contributed by atoms with van der Waals surface area (Å²) in [5, 5.41) is 0. The number of carbonyl (C=O) groups is 2. The summed E-state index contributed by atoms with van der Waals surface area (Å²) in [5.74, 6) is -0.0568. The lowest BCUT2D eigenvalue weighted by atomic mass is 9.83. The number of hydrogen-bond acceptors (Lipinski definition) is 3. The SMILES string of the molecule is COC(=O)/C=C/[C@@H](C)[C@@H](CC(C)=O)c1ccccc1. The lowest BCUT2D eigenvalue weighted by Gasteiger charge is -2.20. The quantitative estimate of drug-likeness (QED) is 0.583. The average molecular weight is 260 g/mol. The number of esters is 1. The van der Waals surface area contributed by atoms with E-state index in [1.54, 1.807) is 13.0 Å². The first-order chi connectivity index (χ1) is 9.04. The molecule has 0 aliphatic rings. The number of allylic oxidation sites excluding steroid dienone is 1. The lowest BCUT2D eigenvalue weighted by Crippen LogP contribution is -2.12. The molecule has 19 heavy (non-hydrogen) atoms. The molecule has 0 unspecified atom stereocenters. The molecule has 1 aromatic rings. The summed E-state index contributed by atoms with van der Waals surface area (Å²) in [4.78, 5) is 22.5. The van der Waals surface area contributed by atoms with Crippen LogP contribution in [0.15, 0.2) is 42.5 Å². The Morgan fingerprint density at radius 1 is 1.26 bits per heavy atom. The van der Waals surface area contributed by atoms with Crippen LogP contribution >= 0.6 is 0 Å². The van der Waals surface area contributed by atoms with Crippen LogP contribution in [0.1, 0.15) is 31.7 Å². The standard InChI is InChI=1S/C16H20O3/c1-12(9-10-16(18)19-3)15(11-13(2)17)14-7-5-4-6-8-14/h4-10,12,15H,11H2,1-3H3/b10-9+/t12-,15-/m1/s1. The van der Waals surface area contributed by atoms with E-state index in [0.717, 1.165) is 5.56 Å². The molecule has 102 valence electrons. The summed E-state index contributed by atoms with van der Waals surface area (Å²) >= 11 is 0. The molecule has 0 spiro atoms. The topological polar surface area (TPSA) is 43.4 Å². The normalized spacial score (nSPS) is 14.1. The maximum Gasteiger partial charge on any atom is 0.330 e. The Balaban J connectivity index is 2.88. The highest BCUT2D eigenvalue weighted by atomic mass is 16.5. The number of ketones is 1. The van der Waals surface area contributed by atoms with Gasteiger partial charge in [-0.05, 0) is 24.3 Å². The van der Waals surface area contributed by atoms with Crippen LogP contribution in [-0.2, 0) is 14.3 Å². The summed E-state index contributed by atoms with van der Waals surface area (Å²) in [6.45, 7) is 3.59. The van der Waals surface area contributed by atoms with Crippen molar-refractivity contribution in [2.24, 2.45) is 5.92 Å². The maximum absolute atomic E-state index is 11.4. The van der Waals surface area contributed by atoms with Crippen LogP contribution in [-0.4, -0.2) is 18.9 Å². The van der Waals surface area contributed by atoms with Crippen LogP contribution in [0, 0.1) is 5.92 Å². The first kappa shape index (κ1) is 15.2. The van der Waals surface area contributed by atoms with Gasteiger partial charge in [-0.1, -0.05) is 43.3 Å². The van der Waals surface area contributed by atoms with Gasteiger partial charge >= 0.3 is 5.97 Å². The summed E-state index contributed by atoms with van der Waals surface area (Å²) in [5.41, 5.74) is 1.11. The van der Waals surface area contributed by atoms with Gasteiger partial charge in [0, 0.05) is 12.5 Å². The van der Waals surface area contributed by atoms with Crippen molar-refractivity contribution in [1.29, 1.82) is 0 Å². The Morgan fingerprint density at radius 2 is 1.89 bits per heavy atom. The van der Waals surface area contributed by atoms with Gasteiger partial charge in [-0.15, -0.1) is 0 Å². The van der Waals surface area contributed by atoms with E-state index in [4.69, 9.17) is 0 Å². The number of ether oxygens (including phenoxy) is 1. The minimum absolute atomic E-state index is 0.0830. The number of methoxy groups -OCH3 is 1. The van der Waals surface area contributed by atoms with Crippen LogP contribution in [0.4, 0.5) is 0 Å². The zero-order valence-corrected chi connectivity index (χ0v) is 11.6. The third-order valence-corrected chi connectivity index (χ3v) is 3.11. The van der Waals surface area contributed by atoms with Gasteiger partial charge in [-0.2, -0.15) is 0 Å². The molecule has 0 bridgehead atoms. The molecule has 0 aromatic heterocycles. The van der Waals surface area contributed by atoms with Crippen molar-refractivity contribution in [3.63, 3.8) is 0 Å².